The first kappa shape index (κ1) is 18.1. The molecule has 4 rings (SSSR count). The summed E-state index contributed by atoms with van der Waals surface area (Å²) in [7, 11) is 0. The van der Waals surface area contributed by atoms with Crippen molar-refractivity contribution in [2.75, 3.05) is 0 Å². The Morgan fingerprint density at radius 2 is 2.18 bits per heavy atom. The molecule has 9 heteroatoms. The Hall–Kier alpha value is -3.33. The highest BCUT2D eigenvalue weighted by Gasteiger charge is 2.16. The molecule has 0 saturated heterocycles. The molecular formula is C19H18N6O2S. The summed E-state index contributed by atoms with van der Waals surface area (Å²) in [5.41, 5.74) is 1.97. The largest absolute Gasteiger partial charge is 0.347 e. The number of nitrogens with zero attached hydrogens (tertiary/aromatic N) is 5. The predicted molar refractivity (Wildman–Crippen MR) is 104 cm³/mol. The number of amides is 1. The molecule has 0 radical (unpaired) electrons. The van der Waals surface area contributed by atoms with Crippen molar-refractivity contribution in [1.82, 2.24) is 30.2 Å². The Morgan fingerprint density at radius 3 is 2.86 bits per heavy atom. The van der Waals surface area contributed by atoms with Crippen molar-refractivity contribution in [3.63, 3.8) is 0 Å². The molecule has 4 aromatic rings. The molecule has 28 heavy (non-hydrogen) atoms. The Labute approximate surface area is 165 Å². The van der Waals surface area contributed by atoms with E-state index in [4.69, 9.17) is 4.52 Å². The fraction of sp³-hybridized carbons (Fsp3) is 0.211. The Bertz CT molecular complexity index is 1080. The van der Waals surface area contributed by atoms with E-state index in [1.165, 1.54) is 0 Å². The number of nitrogens with one attached hydrogen (secondary N) is 1. The average Bonchev–Trinajstić information content (AvgIpc) is 3.47. The molecule has 4 heterocycles. The maximum absolute atomic E-state index is 12.5. The minimum Gasteiger partial charge on any atom is -0.347 e. The highest BCUT2D eigenvalue weighted by atomic mass is 32.1. The van der Waals surface area contributed by atoms with Crippen LogP contribution in [0.15, 0.2) is 46.6 Å². The fourth-order valence-electron chi connectivity index (χ4n) is 2.69. The molecular weight excluding hydrogens is 376 g/mol. The van der Waals surface area contributed by atoms with Gasteiger partial charge in [-0.05, 0) is 30.5 Å². The number of hydrogen-bond donors (Lipinski definition) is 1. The van der Waals surface area contributed by atoms with E-state index >= 15 is 0 Å². The summed E-state index contributed by atoms with van der Waals surface area (Å²) in [6.07, 6.45) is 3.92. The fourth-order valence-corrected chi connectivity index (χ4v) is 3.34. The van der Waals surface area contributed by atoms with Crippen molar-refractivity contribution in [2.24, 2.45) is 0 Å². The third kappa shape index (κ3) is 3.56. The molecule has 0 spiro atoms. The van der Waals surface area contributed by atoms with Crippen LogP contribution in [-0.2, 0) is 13.0 Å². The van der Waals surface area contributed by atoms with Crippen molar-refractivity contribution in [3.05, 3.63) is 64.0 Å². The van der Waals surface area contributed by atoms with Gasteiger partial charge in [0.25, 0.3) is 11.8 Å². The standard InChI is InChI=1S/C19H18N6O2S/c1-3-16-23-19(27-24-16)13-6-7-17(20-9-13)25-12(2)15(11-22-25)18(26)21-10-14-5-4-8-28-14/h4-9,11H,3,10H2,1-2H3,(H,21,26). The average molecular weight is 394 g/mol. The summed E-state index contributed by atoms with van der Waals surface area (Å²) in [6, 6.07) is 7.59. The maximum atomic E-state index is 12.5. The van der Waals surface area contributed by atoms with Gasteiger partial charge in [-0.2, -0.15) is 10.1 Å². The first-order chi connectivity index (χ1) is 13.7. The van der Waals surface area contributed by atoms with Crippen LogP contribution in [0.2, 0.25) is 0 Å². The van der Waals surface area contributed by atoms with Crippen LogP contribution < -0.4 is 5.32 Å². The van der Waals surface area contributed by atoms with E-state index in [0.29, 0.717) is 36.1 Å². The number of hydrogen-bond acceptors (Lipinski definition) is 7. The first-order valence-corrected chi connectivity index (χ1v) is 9.68. The topological polar surface area (TPSA) is 98.7 Å². The van der Waals surface area contributed by atoms with E-state index in [1.54, 1.807) is 34.5 Å². The number of rotatable bonds is 6. The third-order valence-corrected chi connectivity index (χ3v) is 5.13. The zero-order valence-corrected chi connectivity index (χ0v) is 16.2. The van der Waals surface area contributed by atoms with Gasteiger partial charge in [0.05, 0.1) is 29.6 Å². The lowest BCUT2D eigenvalue weighted by atomic mass is 10.2. The zero-order valence-electron chi connectivity index (χ0n) is 15.4. The molecule has 0 atom stereocenters. The van der Waals surface area contributed by atoms with Gasteiger partial charge in [-0.3, -0.25) is 4.79 Å². The molecule has 0 aliphatic carbocycles. The van der Waals surface area contributed by atoms with E-state index in [9.17, 15) is 4.79 Å². The van der Waals surface area contributed by atoms with Gasteiger partial charge >= 0.3 is 0 Å². The summed E-state index contributed by atoms with van der Waals surface area (Å²) in [6.45, 7) is 4.30. The van der Waals surface area contributed by atoms with Crippen LogP contribution in [-0.4, -0.2) is 30.8 Å². The lowest BCUT2D eigenvalue weighted by Crippen LogP contribution is -2.22. The second-order valence-electron chi connectivity index (χ2n) is 6.09. The van der Waals surface area contributed by atoms with Crippen LogP contribution in [0.25, 0.3) is 17.3 Å². The van der Waals surface area contributed by atoms with Crippen LogP contribution >= 0.6 is 11.3 Å². The van der Waals surface area contributed by atoms with Gasteiger partial charge in [-0.1, -0.05) is 18.1 Å². The van der Waals surface area contributed by atoms with Crippen molar-refractivity contribution < 1.29 is 9.32 Å². The maximum Gasteiger partial charge on any atom is 0.259 e. The SMILES string of the molecule is CCc1noc(-c2ccc(-n3ncc(C(=O)NCc4cccs4)c3C)nc2)n1. The number of aryl methyl sites for hydroxylation is 1. The second-order valence-corrected chi connectivity index (χ2v) is 7.12. The number of thiophene rings is 1. The highest BCUT2D eigenvalue weighted by Crippen LogP contribution is 2.19. The minimum atomic E-state index is -0.160. The molecule has 0 aliphatic heterocycles. The molecule has 0 aliphatic rings. The summed E-state index contributed by atoms with van der Waals surface area (Å²) in [5, 5.41) is 13.1. The summed E-state index contributed by atoms with van der Waals surface area (Å²) >= 11 is 1.61. The summed E-state index contributed by atoms with van der Waals surface area (Å²) in [4.78, 5) is 22.3. The molecule has 0 bridgehead atoms. The zero-order chi connectivity index (χ0) is 19.5. The lowest BCUT2D eigenvalue weighted by molar-refractivity contribution is 0.0950. The third-order valence-electron chi connectivity index (χ3n) is 4.25. The van der Waals surface area contributed by atoms with Crippen LogP contribution in [0.4, 0.5) is 0 Å². The minimum absolute atomic E-state index is 0.160. The van der Waals surface area contributed by atoms with E-state index in [1.807, 2.05) is 37.4 Å². The van der Waals surface area contributed by atoms with Crippen molar-refractivity contribution in [2.45, 2.75) is 26.8 Å². The second kappa shape index (κ2) is 7.73. The summed E-state index contributed by atoms with van der Waals surface area (Å²) < 4.78 is 6.86. The lowest BCUT2D eigenvalue weighted by Gasteiger charge is -2.06. The van der Waals surface area contributed by atoms with Gasteiger partial charge < -0.3 is 9.84 Å². The summed E-state index contributed by atoms with van der Waals surface area (Å²) in [5.74, 6) is 1.53. The van der Waals surface area contributed by atoms with Crippen LogP contribution in [0.1, 0.15) is 33.7 Å². The molecule has 1 N–H and O–H groups in total. The quantitative estimate of drug-likeness (QED) is 0.539. The Balaban J connectivity index is 1.51. The van der Waals surface area contributed by atoms with Gasteiger partial charge in [0.2, 0.25) is 0 Å². The van der Waals surface area contributed by atoms with Gasteiger partial charge in [-0.15, -0.1) is 11.3 Å². The number of carbonyl (C=O) groups is 1. The molecule has 0 unspecified atom stereocenters. The van der Waals surface area contributed by atoms with Crippen molar-refractivity contribution in [1.29, 1.82) is 0 Å². The normalized spacial score (nSPS) is 10.9. The predicted octanol–water partition coefficient (Wildman–Crippen LogP) is 3.18. The van der Waals surface area contributed by atoms with E-state index in [0.717, 1.165) is 16.1 Å². The van der Waals surface area contributed by atoms with Crippen LogP contribution in [0.3, 0.4) is 0 Å². The highest BCUT2D eigenvalue weighted by molar-refractivity contribution is 7.09. The number of carbonyl (C=O) groups excluding carboxylic acids is 1. The van der Waals surface area contributed by atoms with Crippen molar-refractivity contribution in [3.8, 4) is 17.3 Å². The molecule has 8 nitrogen and oxygen atoms in total. The van der Waals surface area contributed by atoms with Gasteiger partial charge in [0.15, 0.2) is 11.6 Å². The van der Waals surface area contributed by atoms with Gasteiger partial charge in [0.1, 0.15) is 0 Å². The molecule has 4 aromatic heterocycles. The van der Waals surface area contributed by atoms with E-state index in [2.05, 4.69) is 25.5 Å². The Kier molecular flexibility index (Phi) is 4.98. The van der Waals surface area contributed by atoms with E-state index < -0.39 is 0 Å². The van der Waals surface area contributed by atoms with Crippen molar-refractivity contribution >= 4 is 17.2 Å². The smallest absolute Gasteiger partial charge is 0.259 e. The first-order valence-electron chi connectivity index (χ1n) is 8.80. The van der Waals surface area contributed by atoms with Crippen LogP contribution in [0, 0.1) is 6.92 Å². The number of aromatic nitrogens is 5. The molecule has 1 amide bonds. The number of pyridine rings is 1. The van der Waals surface area contributed by atoms with Gasteiger partial charge in [0, 0.05) is 17.5 Å². The van der Waals surface area contributed by atoms with E-state index in [-0.39, 0.29) is 5.91 Å². The molecule has 142 valence electrons. The molecule has 0 aromatic carbocycles. The van der Waals surface area contributed by atoms with Gasteiger partial charge in [-0.25, -0.2) is 9.67 Å². The monoisotopic (exact) mass is 394 g/mol. The Morgan fingerprint density at radius 1 is 1.29 bits per heavy atom. The van der Waals surface area contributed by atoms with Crippen LogP contribution in [0.5, 0.6) is 0 Å². The molecule has 0 fully saturated rings. The molecule has 0 saturated carbocycles.